The topological polar surface area (TPSA) is 56.0 Å². The molecular weight excluding hydrogens is 240 g/mol. The number of benzene rings is 1. The van der Waals surface area contributed by atoms with E-state index in [2.05, 4.69) is 44.8 Å². The summed E-state index contributed by atoms with van der Waals surface area (Å²) in [6.45, 7) is 8.45. The molecule has 0 aliphatic carbocycles. The maximum atomic E-state index is 10.8. The van der Waals surface area contributed by atoms with Crippen LogP contribution >= 0.6 is 0 Å². The van der Waals surface area contributed by atoms with Gasteiger partial charge >= 0.3 is 5.82 Å². The summed E-state index contributed by atoms with van der Waals surface area (Å²) in [5, 5.41) is 11.8. The van der Waals surface area contributed by atoms with Crippen LogP contribution in [0.3, 0.4) is 0 Å². The van der Waals surface area contributed by atoms with Crippen LogP contribution < -0.4 is 0 Å². The highest BCUT2D eigenvalue weighted by atomic mass is 16.6. The van der Waals surface area contributed by atoms with Crippen molar-refractivity contribution in [2.45, 2.75) is 39.5 Å². The summed E-state index contributed by atoms with van der Waals surface area (Å²) in [5.41, 5.74) is 3.06. The average molecular weight is 258 g/mol. The molecule has 4 heteroatoms. The van der Waals surface area contributed by atoms with Gasteiger partial charge in [0.25, 0.3) is 0 Å². The van der Waals surface area contributed by atoms with Gasteiger partial charge in [-0.15, -0.1) is 0 Å². The van der Waals surface area contributed by atoms with Crippen LogP contribution in [0.2, 0.25) is 0 Å². The van der Waals surface area contributed by atoms with Crippen LogP contribution in [-0.2, 0) is 0 Å². The molecule has 19 heavy (non-hydrogen) atoms. The van der Waals surface area contributed by atoms with E-state index >= 15 is 0 Å². The Hall–Kier alpha value is -1.97. The summed E-state index contributed by atoms with van der Waals surface area (Å²) in [6.07, 6.45) is 0. The number of hydrogen-bond acceptors (Lipinski definition) is 3. The number of rotatable bonds is 3. The van der Waals surface area contributed by atoms with Crippen molar-refractivity contribution in [2.75, 3.05) is 0 Å². The number of aromatic nitrogens is 1. The third kappa shape index (κ3) is 2.57. The van der Waals surface area contributed by atoms with Crippen molar-refractivity contribution in [3.8, 4) is 0 Å². The molecule has 100 valence electrons. The molecule has 4 nitrogen and oxygen atoms in total. The smallest absolute Gasteiger partial charge is 0.358 e. The number of hydrogen-bond donors (Lipinski definition) is 0. The van der Waals surface area contributed by atoms with Gasteiger partial charge in [0.05, 0.1) is 0 Å². The van der Waals surface area contributed by atoms with Gasteiger partial charge in [0.1, 0.15) is 0 Å². The van der Waals surface area contributed by atoms with E-state index in [1.807, 2.05) is 0 Å². The fourth-order valence-electron chi connectivity index (χ4n) is 2.15. The van der Waals surface area contributed by atoms with Crippen molar-refractivity contribution >= 4 is 16.7 Å². The van der Waals surface area contributed by atoms with E-state index in [1.54, 1.807) is 6.07 Å². The first kappa shape index (κ1) is 13.5. The van der Waals surface area contributed by atoms with E-state index < -0.39 is 4.92 Å². The Bertz CT molecular complexity index is 633. The molecular formula is C15H18N2O2. The third-order valence-electron chi connectivity index (χ3n) is 3.31. The first-order chi connectivity index (χ1) is 8.90. The minimum atomic E-state index is -0.445. The summed E-state index contributed by atoms with van der Waals surface area (Å²) in [6, 6.07) is 7.45. The monoisotopic (exact) mass is 258 g/mol. The molecule has 0 N–H and O–H groups in total. The fraction of sp³-hybridized carbons (Fsp3) is 0.400. The molecule has 1 aromatic heterocycles. The number of pyridine rings is 1. The molecule has 0 spiro atoms. The van der Waals surface area contributed by atoms with Gasteiger partial charge in [0.15, 0.2) is 5.52 Å². The lowest BCUT2D eigenvalue weighted by Gasteiger charge is -2.12. The van der Waals surface area contributed by atoms with Crippen molar-refractivity contribution < 1.29 is 4.92 Å². The second-order valence-electron chi connectivity index (χ2n) is 5.42. The molecule has 0 unspecified atom stereocenters. The summed E-state index contributed by atoms with van der Waals surface area (Å²) in [7, 11) is 0. The Morgan fingerprint density at radius 3 is 2.32 bits per heavy atom. The Labute approximate surface area is 112 Å². The molecule has 0 saturated heterocycles. The molecule has 2 rings (SSSR count). The van der Waals surface area contributed by atoms with Gasteiger partial charge < -0.3 is 10.1 Å². The third-order valence-corrected chi connectivity index (χ3v) is 3.31. The van der Waals surface area contributed by atoms with Gasteiger partial charge in [-0.05, 0) is 39.4 Å². The van der Waals surface area contributed by atoms with E-state index in [4.69, 9.17) is 0 Å². The van der Waals surface area contributed by atoms with E-state index in [-0.39, 0.29) is 11.7 Å². The second kappa shape index (κ2) is 4.96. The zero-order chi connectivity index (χ0) is 14.2. The number of fused-ring (bicyclic) bond motifs is 1. The van der Waals surface area contributed by atoms with Crippen LogP contribution in [0.5, 0.6) is 0 Å². The normalized spacial score (nSPS) is 11.5. The number of nitrogens with zero attached hydrogens (tertiary/aromatic N) is 2. The van der Waals surface area contributed by atoms with Gasteiger partial charge in [0, 0.05) is 17.0 Å². The fourth-order valence-corrected chi connectivity index (χ4v) is 2.15. The van der Waals surface area contributed by atoms with E-state index in [0.29, 0.717) is 5.92 Å². The highest BCUT2D eigenvalue weighted by Gasteiger charge is 2.17. The van der Waals surface area contributed by atoms with Crippen molar-refractivity contribution in [3.05, 3.63) is 45.5 Å². The summed E-state index contributed by atoms with van der Waals surface area (Å²) in [5.74, 6) is 0.625. The maximum Gasteiger partial charge on any atom is 0.364 e. The zero-order valence-electron chi connectivity index (χ0n) is 11.7. The Kier molecular flexibility index (Phi) is 3.51. The predicted molar refractivity (Wildman–Crippen MR) is 76.6 cm³/mol. The molecule has 0 aliphatic heterocycles. The highest BCUT2D eigenvalue weighted by Crippen LogP contribution is 2.30. The van der Waals surface area contributed by atoms with E-state index in [9.17, 15) is 10.1 Å². The van der Waals surface area contributed by atoms with Gasteiger partial charge in [0.2, 0.25) is 0 Å². The van der Waals surface area contributed by atoms with Gasteiger partial charge in [-0.2, -0.15) is 0 Å². The molecule has 1 aromatic carbocycles. The lowest BCUT2D eigenvalue weighted by Crippen LogP contribution is -1.99. The minimum absolute atomic E-state index is 0.0910. The van der Waals surface area contributed by atoms with Crippen LogP contribution in [0.4, 0.5) is 5.82 Å². The van der Waals surface area contributed by atoms with Crippen molar-refractivity contribution in [3.63, 3.8) is 0 Å². The Balaban J connectivity index is 2.76. The first-order valence-corrected chi connectivity index (χ1v) is 6.49. The molecule has 0 amide bonds. The molecule has 0 fully saturated rings. The van der Waals surface area contributed by atoms with Crippen molar-refractivity contribution in [1.82, 2.24) is 4.98 Å². The molecule has 0 bridgehead atoms. The molecule has 1 heterocycles. The van der Waals surface area contributed by atoms with Crippen LogP contribution in [0.1, 0.15) is 50.7 Å². The second-order valence-corrected chi connectivity index (χ2v) is 5.42. The van der Waals surface area contributed by atoms with Crippen LogP contribution in [0, 0.1) is 10.1 Å². The molecule has 0 aliphatic rings. The quantitative estimate of drug-likeness (QED) is 0.606. The molecule has 0 radical (unpaired) electrons. The minimum Gasteiger partial charge on any atom is -0.358 e. The lowest BCUT2D eigenvalue weighted by atomic mass is 9.92. The Morgan fingerprint density at radius 1 is 1.11 bits per heavy atom. The standard InChI is InChI=1S/C15H18N2O2/c1-9(2)12-7-11-5-6-14(17(18)19)16-15(11)13(8-12)10(3)4/h5-10H,1-4H3. The molecule has 0 saturated carbocycles. The van der Waals surface area contributed by atoms with Crippen LogP contribution in [0.15, 0.2) is 24.3 Å². The Morgan fingerprint density at radius 2 is 1.79 bits per heavy atom. The SMILES string of the molecule is CC(C)c1cc(C(C)C)c2nc([N+](=O)[O-])ccc2c1. The van der Waals surface area contributed by atoms with Crippen LogP contribution in [-0.4, -0.2) is 9.91 Å². The average Bonchev–Trinajstić information content (AvgIpc) is 2.36. The van der Waals surface area contributed by atoms with Crippen molar-refractivity contribution in [2.24, 2.45) is 0 Å². The largest absolute Gasteiger partial charge is 0.364 e. The first-order valence-electron chi connectivity index (χ1n) is 6.49. The van der Waals surface area contributed by atoms with E-state index in [0.717, 1.165) is 16.5 Å². The molecule has 2 aromatic rings. The van der Waals surface area contributed by atoms with Crippen molar-refractivity contribution in [1.29, 1.82) is 0 Å². The summed E-state index contributed by atoms with van der Waals surface area (Å²) in [4.78, 5) is 14.6. The summed E-state index contributed by atoms with van der Waals surface area (Å²) < 4.78 is 0. The lowest BCUT2D eigenvalue weighted by molar-refractivity contribution is -0.389. The van der Waals surface area contributed by atoms with E-state index in [1.165, 1.54) is 11.6 Å². The van der Waals surface area contributed by atoms with Crippen LogP contribution in [0.25, 0.3) is 10.9 Å². The van der Waals surface area contributed by atoms with Gasteiger partial charge in [-0.1, -0.05) is 33.8 Å². The summed E-state index contributed by atoms with van der Waals surface area (Å²) >= 11 is 0. The number of nitro groups is 1. The van der Waals surface area contributed by atoms with Gasteiger partial charge in [-0.25, -0.2) is 0 Å². The maximum absolute atomic E-state index is 10.8. The van der Waals surface area contributed by atoms with Gasteiger partial charge in [-0.3, -0.25) is 0 Å². The predicted octanol–water partition coefficient (Wildman–Crippen LogP) is 4.39. The molecule has 0 atom stereocenters. The highest BCUT2D eigenvalue weighted by molar-refractivity contribution is 5.84. The zero-order valence-corrected chi connectivity index (χ0v) is 11.7.